The molecule has 0 spiro atoms. The molecule has 3 aromatic rings. The lowest BCUT2D eigenvalue weighted by Crippen LogP contribution is -2.48. The molecule has 0 aliphatic carbocycles. The molecular formula is C25H31N5O3S. The van der Waals surface area contributed by atoms with Crippen molar-refractivity contribution in [1.82, 2.24) is 24.1 Å². The van der Waals surface area contributed by atoms with E-state index < -0.39 is 10.0 Å². The Morgan fingerprint density at radius 3 is 2.35 bits per heavy atom. The van der Waals surface area contributed by atoms with Gasteiger partial charge in [-0.3, -0.25) is 9.69 Å². The lowest BCUT2D eigenvalue weighted by Gasteiger charge is -2.34. The van der Waals surface area contributed by atoms with Crippen LogP contribution in [0.3, 0.4) is 0 Å². The average molecular weight is 482 g/mol. The fourth-order valence-electron chi connectivity index (χ4n) is 3.99. The van der Waals surface area contributed by atoms with Gasteiger partial charge in [0.2, 0.25) is 10.0 Å². The van der Waals surface area contributed by atoms with Crippen LogP contribution < -0.4 is 5.32 Å². The highest BCUT2D eigenvalue weighted by molar-refractivity contribution is 7.89. The normalized spacial score (nSPS) is 15.3. The Morgan fingerprint density at radius 2 is 1.71 bits per heavy atom. The quantitative estimate of drug-likeness (QED) is 0.475. The second kappa shape index (κ2) is 10.9. The molecule has 0 radical (unpaired) electrons. The van der Waals surface area contributed by atoms with Gasteiger partial charge in [0.15, 0.2) is 0 Å². The molecule has 180 valence electrons. The number of carbonyl (C=O) groups is 1. The van der Waals surface area contributed by atoms with Gasteiger partial charge < -0.3 is 9.88 Å². The van der Waals surface area contributed by atoms with E-state index in [9.17, 15) is 13.2 Å². The van der Waals surface area contributed by atoms with Crippen LogP contribution in [0.15, 0.2) is 72.1 Å². The first-order chi connectivity index (χ1) is 16.4. The number of nitrogens with zero attached hydrogens (tertiary/aromatic N) is 4. The number of hydrogen-bond acceptors (Lipinski definition) is 5. The summed E-state index contributed by atoms with van der Waals surface area (Å²) in [5, 5.41) is 2.95. The first-order valence-corrected chi connectivity index (χ1v) is 13.0. The van der Waals surface area contributed by atoms with Gasteiger partial charge in [-0.25, -0.2) is 13.4 Å². The van der Waals surface area contributed by atoms with Crippen LogP contribution in [0.2, 0.25) is 0 Å². The molecule has 1 aliphatic rings. The maximum absolute atomic E-state index is 12.9. The Kier molecular flexibility index (Phi) is 7.77. The fourth-order valence-corrected chi connectivity index (χ4v) is 5.41. The molecule has 0 bridgehead atoms. The van der Waals surface area contributed by atoms with Crippen LogP contribution in [0.25, 0.3) is 0 Å². The van der Waals surface area contributed by atoms with Gasteiger partial charge in [0.1, 0.15) is 0 Å². The van der Waals surface area contributed by atoms with Crippen molar-refractivity contribution in [2.24, 2.45) is 0 Å². The lowest BCUT2D eigenvalue weighted by atomic mass is 10.1. The summed E-state index contributed by atoms with van der Waals surface area (Å²) in [6.45, 7) is 6.37. The van der Waals surface area contributed by atoms with Crippen molar-refractivity contribution in [2.45, 2.75) is 31.3 Å². The van der Waals surface area contributed by atoms with Crippen molar-refractivity contribution in [2.75, 3.05) is 32.7 Å². The number of hydrogen-bond donors (Lipinski definition) is 1. The van der Waals surface area contributed by atoms with Crippen LogP contribution in [0.1, 0.15) is 27.9 Å². The van der Waals surface area contributed by atoms with E-state index in [0.29, 0.717) is 43.2 Å². The Hall–Kier alpha value is -3.01. The summed E-state index contributed by atoms with van der Waals surface area (Å²) < 4.78 is 29.3. The molecule has 4 rings (SSSR count). The molecule has 1 aromatic heterocycles. The number of aryl methyl sites for hydroxylation is 2. The topological polar surface area (TPSA) is 87.5 Å². The Balaban J connectivity index is 1.22. The van der Waals surface area contributed by atoms with Gasteiger partial charge in [0, 0.05) is 63.8 Å². The van der Waals surface area contributed by atoms with Crippen LogP contribution in [0, 0.1) is 6.92 Å². The zero-order chi connectivity index (χ0) is 24.0. The van der Waals surface area contributed by atoms with Crippen molar-refractivity contribution in [3.8, 4) is 0 Å². The van der Waals surface area contributed by atoms with E-state index >= 15 is 0 Å². The van der Waals surface area contributed by atoms with E-state index in [-0.39, 0.29) is 5.91 Å². The number of amides is 1. The number of sulfonamides is 1. The van der Waals surface area contributed by atoms with Crippen molar-refractivity contribution >= 4 is 15.9 Å². The second-order valence-electron chi connectivity index (χ2n) is 8.60. The average Bonchev–Trinajstić information content (AvgIpc) is 3.36. The summed E-state index contributed by atoms with van der Waals surface area (Å²) in [6, 6.07) is 14.6. The maximum Gasteiger partial charge on any atom is 0.251 e. The molecule has 1 saturated heterocycles. The Bertz CT molecular complexity index is 1170. The van der Waals surface area contributed by atoms with Crippen LogP contribution in [0.5, 0.6) is 0 Å². The van der Waals surface area contributed by atoms with E-state index in [2.05, 4.69) is 15.2 Å². The summed E-state index contributed by atoms with van der Waals surface area (Å²) in [5.41, 5.74) is 2.78. The number of aromatic nitrogens is 2. The summed E-state index contributed by atoms with van der Waals surface area (Å²) in [6.07, 6.45) is 6.26. The summed E-state index contributed by atoms with van der Waals surface area (Å²) in [4.78, 5) is 19.0. The van der Waals surface area contributed by atoms with Crippen molar-refractivity contribution in [1.29, 1.82) is 0 Å². The third-order valence-corrected chi connectivity index (χ3v) is 7.96. The summed E-state index contributed by atoms with van der Waals surface area (Å²) >= 11 is 0. The van der Waals surface area contributed by atoms with Crippen molar-refractivity contribution in [3.63, 3.8) is 0 Å². The minimum Gasteiger partial charge on any atom is -0.352 e. The molecule has 34 heavy (non-hydrogen) atoms. The molecule has 0 atom stereocenters. The van der Waals surface area contributed by atoms with Crippen LogP contribution >= 0.6 is 0 Å². The molecule has 0 unspecified atom stereocenters. The number of carbonyl (C=O) groups excluding carboxylic acids is 1. The molecular weight excluding hydrogens is 450 g/mol. The van der Waals surface area contributed by atoms with Crippen LogP contribution in [-0.4, -0.2) is 65.8 Å². The molecule has 0 saturated carbocycles. The predicted octanol–water partition coefficient (Wildman–Crippen LogP) is 2.52. The molecule has 1 N–H and O–H groups in total. The Morgan fingerprint density at radius 1 is 1.00 bits per heavy atom. The predicted molar refractivity (Wildman–Crippen MR) is 131 cm³/mol. The number of benzene rings is 2. The van der Waals surface area contributed by atoms with Crippen molar-refractivity contribution in [3.05, 3.63) is 83.9 Å². The third kappa shape index (κ3) is 6.11. The lowest BCUT2D eigenvalue weighted by molar-refractivity contribution is 0.0952. The largest absolute Gasteiger partial charge is 0.352 e. The van der Waals surface area contributed by atoms with E-state index in [4.69, 9.17) is 0 Å². The number of imidazole rings is 1. The van der Waals surface area contributed by atoms with E-state index in [1.165, 1.54) is 0 Å². The van der Waals surface area contributed by atoms with E-state index in [1.54, 1.807) is 29.0 Å². The standard InChI is InChI=1S/C25H31N5O3S/c1-21-3-9-24(10-4-21)34(32,33)30-17-15-28(16-18-30)19-22-5-7-23(8-6-22)25(31)27-11-2-13-29-14-12-26-20-29/h3-10,12,14,20H,2,11,13,15-19H2,1H3,(H,27,31). The SMILES string of the molecule is Cc1ccc(S(=O)(=O)N2CCN(Cc3ccc(C(=O)NCCCn4ccnc4)cc3)CC2)cc1. The van der Waals surface area contributed by atoms with Gasteiger partial charge in [-0.05, 0) is 43.2 Å². The molecule has 2 aromatic carbocycles. The van der Waals surface area contributed by atoms with Gasteiger partial charge in [0.05, 0.1) is 11.2 Å². The van der Waals surface area contributed by atoms with E-state index in [1.807, 2.05) is 54.1 Å². The first kappa shape index (κ1) is 24.1. The first-order valence-electron chi connectivity index (χ1n) is 11.5. The van der Waals surface area contributed by atoms with Gasteiger partial charge in [-0.15, -0.1) is 0 Å². The number of piperazine rings is 1. The molecule has 8 nitrogen and oxygen atoms in total. The van der Waals surface area contributed by atoms with E-state index in [0.717, 1.165) is 30.6 Å². The smallest absolute Gasteiger partial charge is 0.251 e. The van der Waals surface area contributed by atoms with Crippen LogP contribution in [-0.2, 0) is 23.1 Å². The fraction of sp³-hybridized carbons (Fsp3) is 0.360. The molecule has 2 heterocycles. The van der Waals surface area contributed by atoms with Gasteiger partial charge in [-0.2, -0.15) is 4.31 Å². The van der Waals surface area contributed by atoms with Gasteiger partial charge in [0.25, 0.3) is 5.91 Å². The zero-order valence-electron chi connectivity index (χ0n) is 19.4. The molecule has 1 fully saturated rings. The zero-order valence-corrected chi connectivity index (χ0v) is 20.2. The molecule has 1 aliphatic heterocycles. The third-order valence-electron chi connectivity index (χ3n) is 6.05. The van der Waals surface area contributed by atoms with Gasteiger partial charge >= 0.3 is 0 Å². The minimum atomic E-state index is -3.46. The number of nitrogens with one attached hydrogen (secondary N) is 1. The highest BCUT2D eigenvalue weighted by Crippen LogP contribution is 2.19. The highest BCUT2D eigenvalue weighted by atomic mass is 32.2. The summed E-state index contributed by atoms with van der Waals surface area (Å²) in [7, 11) is -3.46. The molecule has 1 amide bonds. The highest BCUT2D eigenvalue weighted by Gasteiger charge is 2.28. The van der Waals surface area contributed by atoms with Crippen LogP contribution in [0.4, 0.5) is 0 Å². The summed E-state index contributed by atoms with van der Waals surface area (Å²) in [5.74, 6) is -0.0768. The molecule has 9 heteroatoms. The van der Waals surface area contributed by atoms with Crippen molar-refractivity contribution < 1.29 is 13.2 Å². The minimum absolute atomic E-state index is 0.0768. The monoisotopic (exact) mass is 481 g/mol. The maximum atomic E-state index is 12.9. The second-order valence-corrected chi connectivity index (χ2v) is 10.5. The Labute approximate surface area is 201 Å². The number of rotatable bonds is 9. The van der Waals surface area contributed by atoms with Gasteiger partial charge in [-0.1, -0.05) is 29.8 Å².